The second kappa shape index (κ2) is 33.5. The van der Waals surface area contributed by atoms with Gasteiger partial charge in [0.2, 0.25) is 0 Å². The van der Waals surface area contributed by atoms with E-state index in [9.17, 15) is 19.0 Å². The molecule has 10 nitrogen and oxygen atoms in total. The Morgan fingerprint density at radius 1 is 0.673 bits per heavy atom. The minimum atomic E-state index is -4.39. The van der Waals surface area contributed by atoms with Crippen LogP contribution in [-0.4, -0.2) is 61.5 Å². The number of nitrogens with two attached hydrogens (primary N) is 1. The Bertz CT molecular complexity index is 1060. The Labute approximate surface area is 315 Å². The van der Waals surface area contributed by atoms with Gasteiger partial charge in [-0.1, -0.05) is 114 Å². The van der Waals surface area contributed by atoms with Crippen molar-refractivity contribution in [2.24, 2.45) is 5.73 Å². The average molecular weight is 754 g/mol. The van der Waals surface area contributed by atoms with E-state index >= 15 is 0 Å². The topological polar surface area (TPSA) is 147 Å². The Hall–Kier alpha value is -2.07. The van der Waals surface area contributed by atoms with Gasteiger partial charge in [0.1, 0.15) is 6.61 Å². The maximum absolute atomic E-state index is 12.5. The van der Waals surface area contributed by atoms with Crippen molar-refractivity contribution in [2.75, 3.05) is 26.4 Å². The SMILES string of the molecule is CCCCC/C=C\CC1OC1C/C=C\C/C=C\CCCC(=O)OC[C@H](COP(=O)(O)OCCN)OC(=O)CCCCCCC/C=C\CCCCCC. The molecule has 3 unspecified atom stereocenters. The highest BCUT2D eigenvalue weighted by atomic mass is 31.2. The third kappa shape index (κ3) is 30.4. The Kier molecular flexibility index (Phi) is 30.9. The van der Waals surface area contributed by atoms with Crippen LogP contribution < -0.4 is 5.73 Å². The van der Waals surface area contributed by atoms with Gasteiger partial charge in [-0.25, -0.2) is 4.57 Å². The number of unbranched alkanes of at least 4 members (excludes halogenated alkanes) is 13. The van der Waals surface area contributed by atoms with Gasteiger partial charge in [-0.3, -0.25) is 18.6 Å². The molecule has 52 heavy (non-hydrogen) atoms. The van der Waals surface area contributed by atoms with Gasteiger partial charge in [0, 0.05) is 19.4 Å². The van der Waals surface area contributed by atoms with E-state index in [2.05, 4.69) is 56.4 Å². The number of phosphoric acid groups is 1. The fraction of sp³-hybridized carbons (Fsp3) is 0.756. The molecule has 1 saturated heterocycles. The molecule has 300 valence electrons. The highest BCUT2D eigenvalue weighted by molar-refractivity contribution is 7.47. The summed E-state index contributed by atoms with van der Waals surface area (Å²) in [4.78, 5) is 34.8. The molecule has 1 aliphatic heterocycles. The van der Waals surface area contributed by atoms with Crippen LogP contribution in [0.25, 0.3) is 0 Å². The van der Waals surface area contributed by atoms with Crippen LogP contribution in [0.2, 0.25) is 0 Å². The quantitative estimate of drug-likeness (QED) is 0.0208. The molecule has 0 amide bonds. The smallest absolute Gasteiger partial charge is 0.462 e. The lowest BCUT2D eigenvalue weighted by Gasteiger charge is -2.19. The van der Waals surface area contributed by atoms with Crippen molar-refractivity contribution in [3.63, 3.8) is 0 Å². The summed E-state index contributed by atoms with van der Waals surface area (Å²) in [7, 11) is -4.39. The molecule has 4 atom stereocenters. The third-order valence-corrected chi connectivity index (χ3v) is 9.57. The van der Waals surface area contributed by atoms with Crippen molar-refractivity contribution < 1.29 is 42.3 Å². The lowest BCUT2D eigenvalue weighted by molar-refractivity contribution is -0.161. The summed E-state index contributed by atoms with van der Waals surface area (Å²) in [6, 6.07) is 0. The number of esters is 2. The van der Waals surface area contributed by atoms with Crippen molar-refractivity contribution in [2.45, 2.75) is 173 Å². The summed E-state index contributed by atoms with van der Waals surface area (Å²) in [5.74, 6) is -0.915. The summed E-state index contributed by atoms with van der Waals surface area (Å²) in [5, 5.41) is 0. The fourth-order valence-corrected chi connectivity index (χ4v) is 6.19. The van der Waals surface area contributed by atoms with E-state index in [0.717, 1.165) is 70.6 Å². The minimum absolute atomic E-state index is 0.0411. The van der Waals surface area contributed by atoms with Crippen LogP contribution in [0.1, 0.15) is 155 Å². The lowest BCUT2D eigenvalue weighted by atomic mass is 10.1. The van der Waals surface area contributed by atoms with Crippen LogP contribution in [0.5, 0.6) is 0 Å². The van der Waals surface area contributed by atoms with Crippen molar-refractivity contribution in [1.82, 2.24) is 0 Å². The lowest BCUT2D eigenvalue weighted by Crippen LogP contribution is -2.29. The average Bonchev–Trinajstić information content (AvgIpc) is 3.89. The van der Waals surface area contributed by atoms with Gasteiger partial charge in [0.05, 0.1) is 25.4 Å². The second-order valence-electron chi connectivity index (χ2n) is 13.5. The number of hydrogen-bond donors (Lipinski definition) is 2. The molecule has 1 rings (SSSR count). The van der Waals surface area contributed by atoms with Gasteiger partial charge < -0.3 is 24.8 Å². The maximum Gasteiger partial charge on any atom is 0.472 e. The van der Waals surface area contributed by atoms with Crippen molar-refractivity contribution in [3.05, 3.63) is 48.6 Å². The van der Waals surface area contributed by atoms with Crippen molar-refractivity contribution >= 4 is 19.8 Å². The van der Waals surface area contributed by atoms with Gasteiger partial charge in [-0.2, -0.15) is 0 Å². The van der Waals surface area contributed by atoms with Gasteiger partial charge in [0.25, 0.3) is 0 Å². The number of allylic oxidation sites excluding steroid dienone is 6. The van der Waals surface area contributed by atoms with Crippen LogP contribution >= 0.6 is 7.82 Å². The zero-order valence-electron chi connectivity index (χ0n) is 32.5. The second-order valence-corrected chi connectivity index (χ2v) is 15.0. The molecule has 0 saturated carbocycles. The number of epoxide rings is 1. The van der Waals surface area contributed by atoms with E-state index in [-0.39, 0.29) is 32.6 Å². The Morgan fingerprint density at radius 2 is 1.19 bits per heavy atom. The largest absolute Gasteiger partial charge is 0.472 e. The van der Waals surface area contributed by atoms with Gasteiger partial charge in [-0.15, -0.1) is 0 Å². The van der Waals surface area contributed by atoms with Crippen LogP contribution in [0.15, 0.2) is 48.6 Å². The fourth-order valence-electron chi connectivity index (χ4n) is 5.43. The van der Waals surface area contributed by atoms with Crippen LogP contribution in [0.4, 0.5) is 0 Å². The summed E-state index contributed by atoms with van der Waals surface area (Å²) in [6.07, 6.45) is 38.9. The summed E-state index contributed by atoms with van der Waals surface area (Å²) < 4.78 is 38.4. The number of rotatable bonds is 36. The van der Waals surface area contributed by atoms with Gasteiger partial charge in [0.15, 0.2) is 6.10 Å². The molecule has 0 bridgehead atoms. The summed E-state index contributed by atoms with van der Waals surface area (Å²) in [5.41, 5.74) is 5.33. The first kappa shape index (κ1) is 48.0. The van der Waals surface area contributed by atoms with Crippen LogP contribution in [0.3, 0.4) is 0 Å². The van der Waals surface area contributed by atoms with Crippen LogP contribution in [0, 0.1) is 0 Å². The van der Waals surface area contributed by atoms with Crippen molar-refractivity contribution in [3.8, 4) is 0 Å². The zero-order chi connectivity index (χ0) is 38.0. The van der Waals surface area contributed by atoms with E-state index < -0.39 is 32.5 Å². The number of carbonyl (C=O) groups excluding carboxylic acids is 2. The predicted molar refractivity (Wildman–Crippen MR) is 210 cm³/mol. The highest BCUT2D eigenvalue weighted by Crippen LogP contribution is 2.43. The molecular formula is C41H72NO9P. The molecule has 11 heteroatoms. The molecule has 1 aliphatic rings. The van der Waals surface area contributed by atoms with Crippen molar-refractivity contribution in [1.29, 1.82) is 0 Å². The standard InChI is InChI=1S/C41H72NO9P/c1-3-5-7-9-11-12-13-14-15-16-19-24-28-32-41(44)50-37(36-49-52(45,46)48-34-33-42)35-47-40(43)31-27-23-20-17-18-22-26-30-39-38(51-39)29-25-21-10-8-6-4-2/h12-13,17,20-22,25-26,37-39H,3-11,14-16,18-19,23-24,27-36,42H2,1-2H3,(H,45,46)/b13-12-,20-17-,25-21-,26-22-/t37-,38?,39?/m1/s1. The molecule has 0 aromatic rings. The zero-order valence-corrected chi connectivity index (χ0v) is 33.4. The summed E-state index contributed by atoms with van der Waals surface area (Å²) >= 11 is 0. The number of phosphoric ester groups is 1. The molecule has 1 heterocycles. The van der Waals surface area contributed by atoms with Gasteiger partial charge >= 0.3 is 19.8 Å². The highest BCUT2D eigenvalue weighted by Gasteiger charge is 2.36. The number of hydrogen-bond acceptors (Lipinski definition) is 9. The number of carbonyl (C=O) groups is 2. The first-order valence-corrected chi connectivity index (χ1v) is 21.7. The number of ether oxygens (including phenoxy) is 3. The molecule has 0 spiro atoms. The normalized spacial score (nSPS) is 17.8. The molecule has 0 aromatic carbocycles. The van der Waals surface area contributed by atoms with E-state index in [1.54, 1.807) is 0 Å². The molecule has 0 aromatic heterocycles. The van der Waals surface area contributed by atoms with E-state index in [0.29, 0.717) is 25.0 Å². The monoisotopic (exact) mass is 753 g/mol. The van der Waals surface area contributed by atoms with Gasteiger partial charge in [-0.05, 0) is 77.0 Å². The Balaban J connectivity index is 2.25. The maximum atomic E-state index is 12.5. The van der Waals surface area contributed by atoms with E-state index in [4.69, 9.17) is 29.0 Å². The minimum Gasteiger partial charge on any atom is -0.462 e. The first-order chi connectivity index (χ1) is 25.3. The van der Waals surface area contributed by atoms with Crippen LogP contribution in [-0.2, 0) is 37.4 Å². The summed E-state index contributed by atoms with van der Waals surface area (Å²) in [6.45, 7) is 3.58. The Morgan fingerprint density at radius 3 is 1.88 bits per heavy atom. The van der Waals surface area contributed by atoms with E-state index in [1.165, 1.54) is 44.9 Å². The molecule has 0 aliphatic carbocycles. The van der Waals surface area contributed by atoms with E-state index in [1.807, 2.05) is 6.08 Å². The molecule has 3 N–H and O–H groups in total. The molecular weight excluding hydrogens is 681 g/mol. The third-order valence-electron chi connectivity index (χ3n) is 8.59. The predicted octanol–water partition coefficient (Wildman–Crippen LogP) is 10.1. The molecule has 1 fully saturated rings. The first-order valence-electron chi connectivity index (χ1n) is 20.2. The molecule has 0 radical (unpaired) electrons.